The topological polar surface area (TPSA) is 29.5 Å². The van der Waals surface area contributed by atoms with Crippen molar-refractivity contribution < 1.29 is 37.5 Å². The van der Waals surface area contributed by atoms with Crippen LogP contribution in [0.5, 0.6) is 5.75 Å². The second kappa shape index (κ2) is 5.48. The molecule has 60 valence electrons. The predicted octanol–water partition coefficient (Wildman–Crippen LogP) is 1.71. The molecule has 0 aliphatic heterocycles. The molecule has 0 aromatic heterocycles. The molecule has 0 bridgehead atoms. The van der Waals surface area contributed by atoms with Crippen molar-refractivity contribution in [3.63, 3.8) is 0 Å². The summed E-state index contributed by atoms with van der Waals surface area (Å²) in [5.41, 5.74) is 0.560. The summed E-state index contributed by atoms with van der Waals surface area (Å²) in [6, 6.07) is 6.80. The van der Waals surface area contributed by atoms with Crippen LogP contribution in [-0.2, 0) is 32.4 Å². The Balaban J connectivity index is 0.00000121. The maximum atomic E-state index is 9.24. The number of rotatable bonds is 1. The van der Waals surface area contributed by atoms with Crippen LogP contribution in [0.25, 0.3) is 0 Å². The summed E-state index contributed by atoms with van der Waals surface area (Å²) in [5, 5.41) is 9.55. The van der Waals surface area contributed by atoms with Crippen LogP contribution in [0.4, 0.5) is 0 Å². The van der Waals surface area contributed by atoms with Crippen LogP contribution >= 0.6 is 12.2 Å². The van der Waals surface area contributed by atoms with Gasteiger partial charge in [0.15, 0.2) is 5.05 Å². The second-order valence-electron chi connectivity index (χ2n) is 2.01. The molecule has 1 aromatic carbocycles. The van der Waals surface area contributed by atoms with Crippen molar-refractivity contribution in [1.29, 1.82) is 0 Å². The van der Waals surface area contributed by atoms with Gasteiger partial charge in [0.05, 0.1) is 12.7 Å². The average molecular weight is 369 g/mol. The molecule has 1 rings (SSSR count). The molecule has 0 heterocycles. The van der Waals surface area contributed by atoms with Crippen LogP contribution in [-0.4, -0.2) is 17.3 Å². The van der Waals surface area contributed by atoms with Gasteiger partial charge in [0.25, 0.3) is 0 Å². The van der Waals surface area contributed by atoms with E-state index in [0.717, 1.165) is 0 Å². The van der Waals surface area contributed by atoms with Gasteiger partial charge >= 0.3 is 0 Å². The molecule has 1 N–H and O–H groups in total. The van der Waals surface area contributed by atoms with Crippen molar-refractivity contribution in [3.8, 4) is 5.75 Å². The second-order valence-corrected chi connectivity index (χ2v) is 2.38. The monoisotopic (exact) mass is 370 g/mol. The van der Waals surface area contributed by atoms with Gasteiger partial charge in [-0.2, -0.15) is 0 Å². The maximum absolute atomic E-state index is 9.24. The molecular weight excluding hydrogens is 361 g/mol. The van der Waals surface area contributed by atoms with Crippen LogP contribution in [0.15, 0.2) is 24.3 Å². The maximum Gasteiger partial charge on any atom is 0.194 e. The largest absolute Gasteiger partial charge is 0.507 e. The Labute approximate surface area is 97.1 Å². The summed E-state index contributed by atoms with van der Waals surface area (Å²) >= 11 is 4.83. The van der Waals surface area contributed by atoms with E-state index in [-0.39, 0.29) is 33.4 Å². The molecule has 0 amide bonds. The van der Waals surface area contributed by atoms with E-state index in [1.54, 1.807) is 24.3 Å². The summed E-state index contributed by atoms with van der Waals surface area (Å²) in [4.78, 5) is 0. The fourth-order valence-electron chi connectivity index (χ4n) is 0.756. The van der Waals surface area contributed by atoms with E-state index < -0.39 is 0 Å². The van der Waals surface area contributed by atoms with Crippen molar-refractivity contribution >= 4 is 17.3 Å². The molecule has 12 heavy (non-hydrogen) atoms. The molecule has 0 atom stereocenters. The first-order chi connectivity index (χ1) is 5.25. The zero-order valence-electron chi connectivity index (χ0n) is 6.78. The predicted molar refractivity (Wildman–Crippen MR) is 46.8 cm³/mol. The van der Waals surface area contributed by atoms with E-state index in [4.69, 9.17) is 17.0 Å². The molecule has 0 fully saturated rings. The van der Waals surface area contributed by atoms with Crippen molar-refractivity contribution in [1.82, 2.24) is 0 Å². The van der Waals surface area contributed by atoms with E-state index in [1.165, 1.54) is 7.11 Å². The molecular formula is C8H8HgO2S. The van der Waals surface area contributed by atoms with Gasteiger partial charge < -0.3 is 9.84 Å². The van der Waals surface area contributed by atoms with Crippen LogP contribution in [0.1, 0.15) is 5.56 Å². The number of aromatic hydroxyl groups is 1. The molecule has 0 unspecified atom stereocenters. The Bertz CT molecular complexity index is 276. The van der Waals surface area contributed by atoms with Gasteiger partial charge in [-0.1, -0.05) is 12.1 Å². The smallest absolute Gasteiger partial charge is 0.194 e. The fraction of sp³-hybridized carbons (Fsp3) is 0.125. The summed E-state index contributed by atoms with van der Waals surface area (Å²) < 4.78 is 4.79. The molecule has 2 nitrogen and oxygen atoms in total. The molecule has 0 saturated carbocycles. The van der Waals surface area contributed by atoms with Crippen molar-refractivity contribution in [2.45, 2.75) is 0 Å². The number of ether oxygens (including phenoxy) is 1. The first kappa shape index (κ1) is 11.8. The number of para-hydroxylation sites is 1. The molecule has 4 heteroatoms. The van der Waals surface area contributed by atoms with Gasteiger partial charge in [0, 0.05) is 27.7 Å². The number of phenols is 1. The summed E-state index contributed by atoms with van der Waals surface area (Å²) in [6.07, 6.45) is 0. The first-order valence-electron chi connectivity index (χ1n) is 3.12. The first-order valence-corrected chi connectivity index (χ1v) is 3.53. The third-order valence-corrected chi connectivity index (χ3v) is 1.70. The number of hydrogen-bond donors (Lipinski definition) is 1. The van der Waals surface area contributed by atoms with Crippen LogP contribution in [0.2, 0.25) is 0 Å². The van der Waals surface area contributed by atoms with Gasteiger partial charge in [0.1, 0.15) is 5.75 Å². The Kier molecular flexibility index (Phi) is 5.41. The van der Waals surface area contributed by atoms with Gasteiger partial charge in [-0.05, 0) is 24.4 Å². The molecule has 0 spiro atoms. The fourth-order valence-corrected chi connectivity index (χ4v) is 0.929. The van der Waals surface area contributed by atoms with Gasteiger partial charge in [-0.3, -0.25) is 0 Å². The Morgan fingerprint density at radius 2 is 2.00 bits per heavy atom. The van der Waals surface area contributed by atoms with Gasteiger partial charge in [-0.15, -0.1) is 0 Å². The summed E-state index contributed by atoms with van der Waals surface area (Å²) in [5.74, 6) is 0.152. The standard InChI is InChI=1S/C8H8O2S.Hg/c1-10-8(11)6-4-2-3-5-7(6)9;/h2-5,9H,1H3;. The Hall–Kier alpha value is -0.155. The Morgan fingerprint density at radius 1 is 1.42 bits per heavy atom. The van der Waals surface area contributed by atoms with Crippen molar-refractivity contribution in [3.05, 3.63) is 29.8 Å². The Morgan fingerprint density at radius 3 is 2.50 bits per heavy atom. The quantitative estimate of drug-likeness (QED) is 0.604. The zero-order chi connectivity index (χ0) is 8.27. The molecule has 0 aliphatic rings. The zero-order valence-corrected chi connectivity index (χ0v) is 13.1. The SMILES string of the molecule is COC(=S)c1ccccc1O.[Hg]. The van der Waals surface area contributed by atoms with Gasteiger partial charge in [0.2, 0.25) is 0 Å². The minimum Gasteiger partial charge on any atom is -0.507 e. The number of methoxy groups -OCH3 is 1. The van der Waals surface area contributed by atoms with Gasteiger partial charge in [-0.25, -0.2) is 0 Å². The average Bonchev–Trinajstić information content (AvgIpc) is 2.04. The van der Waals surface area contributed by atoms with E-state index in [0.29, 0.717) is 10.6 Å². The minimum absolute atomic E-state index is 0. The minimum atomic E-state index is 0. The normalized spacial score (nSPS) is 8.42. The van der Waals surface area contributed by atoms with Crippen molar-refractivity contribution in [2.75, 3.05) is 7.11 Å². The van der Waals surface area contributed by atoms with E-state index in [1.807, 2.05) is 0 Å². The number of benzene rings is 1. The molecule has 0 saturated heterocycles. The number of hydrogen-bond acceptors (Lipinski definition) is 3. The van der Waals surface area contributed by atoms with Crippen LogP contribution < -0.4 is 0 Å². The third kappa shape index (κ3) is 2.71. The summed E-state index contributed by atoms with van der Waals surface area (Å²) in [7, 11) is 1.48. The van der Waals surface area contributed by atoms with E-state index in [2.05, 4.69) is 0 Å². The molecule has 0 aliphatic carbocycles. The molecule has 1 aromatic rings. The summed E-state index contributed by atoms with van der Waals surface area (Å²) in [6.45, 7) is 0. The number of phenolic OH excluding ortho intramolecular Hbond substituents is 1. The van der Waals surface area contributed by atoms with Crippen LogP contribution in [0, 0.1) is 0 Å². The van der Waals surface area contributed by atoms with Crippen molar-refractivity contribution in [2.24, 2.45) is 0 Å². The van der Waals surface area contributed by atoms with E-state index in [9.17, 15) is 5.11 Å². The van der Waals surface area contributed by atoms with Crippen LogP contribution in [0.3, 0.4) is 0 Å². The third-order valence-electron chi connectivity index (χ3n) is 1.31. The van der Waals surface area contributed by atoms with E-state index >= 15 is 0 Å². The number of thiocarbonyl (C=S) groups is 1. The molecule has 0 radical (unpaired) electrons.